The Morgan fingerprint density at radius 3 is 2.67 bits per heavy atom. The molecule has 0 unspecified atom stereocenters. The summed E-state index contributed by atoms with van der Waals surface area (Å²) in [4.78, 5) is 5.29. The lowest BCUT2D eigenvalue weighted by molar-refractivity contribution is 0.588. The quantitative estimate of drug-likeness (QED) is 0.825. The van der Waals surface area contributed by atoms with Crippen LogP contribution in [0.4, 0.5) is 0 Å². The Bertz CT molecular complexity index is 615. The fourth-order valence-corrected chi connectivity index (χ4v) is 2.73. The fourth-order valence-electron chi connectivity index (χ4n) is 1.84. The number of hydrogen-bond acceptors (Lipinski definition) is 4. The maximum absolute atomic E-state index is 9.03. The molecule has 108 valence electrons. The molecule has 4 heteroatoms. The lowest BCUT2D eigenvalue weighted by Crippen LogP contribution is -2.21. The molecule has 1 aromatic heterocycles. The van der Waals surface area contributed by atoms with Crippen molar-refractivity contribution >= 4 is 11.8 Å². The van der Waals surface area contributed by atoms with Crippen LogP contribution in [0.15, 0.2) is 47.5 Å². The zero-order valence-corrected chi connectivity index (χ0v) is 13.2. The second kappa shape index (κ2) is 7.82. The summed E-state index contributed by atoms with van der Waals surface area (Å²) in [5.41, 5.74) is 2.78. The molecule has 1 aromatic carbocycles. The van der Waals surface area contributed by atoms with Crippen molar-refractivity contribution in [2.75, 3.05) is 0 Å². The number of benzene rings is 1. The van der Waals surface area contributed by atoms with Crippen LogP contribution in [-0.2, 0) is 12.3 Å². The number of thioether (sulfide) groups is 1. The van der Waals surface area contributed by atoms with E-state index in [1.165, 1.54) is 10.5 Å². The highest BCUT2D eigenvalue weighted by Gasteiger charge is 2.03. The molecule has 0 aliphatic heterocycles. The number of hydrogen-bond donors (Lipinski definition) is 1. The van der Waals surface area contributed by atoms with Gasteiger partial charge in [-0.3, -0.25) is 0 Å². The number of nitrogens with zero attached hydrogens (tertiary/aromatic N) is 2. The van der Waals surface area contributed by atoms with Gasteiger partial charge in [0, 0.05) is 29.4 Å². The highest BCUT2D eigenvalue weighted by Crippen LogP contribution is 2.24. The first-order valence-electron chi connectivity index (χ1n) is 6.98. The zero-order valence-electron chi connectivity index (χ0n) is 12.3. The van der Waals surface area contributed by atoms with E-state index < -0.39 is 0 Å². The minimum absolute atomic E-state index is 0.494. The summed E-state index contributed by atoms with van der Waals surface area (Å²) in [6.45, 7) is 5.18. The number of pyridine rings is 1. The van der Waals surface area contributed by atoms with Gasteiger partial charge in [0.15, 0.2) is 0 Å². The molecule has 0 atom stereocenters. The standard InChI is InChI=1S/C17H19N3S/c1-13(2)20-11-14-5-7-16(8-6-14)21-12-15-4-3-9-19-17(15)10-18/h3-9,13,20H,11-12H2,1-2H3. The maximum Gasteiger partial charge on any atom is 0.144 e. The molecule has 2 aromatic rings. The van der Waals surface area contributed by atoms with Gasteiger partial charge >= 0.3 is 0 Å². The van der Waals surface area contributed by atoms with Crippen molar-refractivity contribution in [2.24, 2.45) is 0 Å². The molecule has 0 amide bonds. The first-order valence-corrected chi connectivity index (χ1v) is 7.96. The Kier molecular flexibility index (Phi) is 5.79. The van der Waals surface area contributed by atoms with Crippen LogP contribution in [0.3, 0.4) is 0 Å². The van der Waals surface area contributed by atoms with Crippen LogP contribution in [0.5, 0.6) is 0 Å². The third-order valence-corrected chi connectivity index (χ3v) is 4.09. The van der Waals surface area contributed by atoms with Gasteiger partial charge in [0.1, 0.15) is 11.8 Å². The lowest BCUT2D eigenvalue weighted by atomic mass is 10.2. The smallest absolute Gasteiger partial charge is 0.144 e. The van der Waals surface area contributed by atoms with Gasteiger partial charge in [-0.15, -0.1) is 11.8 Å². The predicted molar refractivity (Wildman–Crippen MR) is 86.9 cm³/mol. The van der Waals surface area contributed by atoms with Gasteiger partial charge in [-0.05, 0) is 29.3 Å². The zero-order chi connectivity index (χ0) is 15.1. The molecular weight excluding hydrogens is 278 g/mol. The van der Waals surface area contributed by atoms with Crippen LogP contribution in [-0.4, -0.2) is 11.0 Å². The van der Waals surface area contributed by atoms with Crippen molar-refractivity contribution in [3.63, 3.8) is 0 Å². The Balaban J connectivity index is 1.93. The summed E-state index contributed by atoms with van der Waals surface area (Å²) in [7, 11) is 0. The van der Waals surface area contributed by atoms with Gasteiger partial charge in [-0.1, -0.05) is 32.0 Å². The van der Waals surface area contributed by atoms with Gasteiger partial charge in [0.25, 0.3) is 0 Å². The van der Waals surface area contributed by atoms with Crippen molar-refractivity contribution in [3.8, 4) is 6.07 Å². The second-order valence-corrected chi connectivity index (χ2v) is 6.14. The van der Waals surface area contributed by atoms with Gasteiger partial charge in [0.2, 0.25) is 0 Å². The molecule has 1 N–H and O–H groups in total. The molecule has 0 fully saturated rings. The summed E-state index contributed by atoms with van der Waals surface area (Å²) in [5, 5.41) is 12.4. The molecule has 3 nitrogen and oxygen atoms in total. The molecule has 0 saturated heterocycles. The fraction of sp³-hybridized carbons (Fsp3) is 0.294. The molecule has 0 spiro atoms. The number of nitriles is 1. The number of aromatic nitrogens is 1. The molecule has 1 heterocycles. The summed E-state index contributed by atoms with van der Waals surface area (Å²) >= 11 is 1.72. The highest BCUT2D eigenvalue weighted by molar-refractivity contribution is 7.98. The summed E-state index contributed by atoms with van der Waals surface area (Å²) in [6.07, 6.45) is 1.66. The predicted octanol–water partition coefficient (Wildman–Crippen LogP) is 3.74. The van der Waals surface area contributed by atoms with Gasteiger partial charge < -0.3 is 5.32 Å². The molecule has 0 bridgehead atoms. The molecule has 0 radical (unpaired) electrons. The van der Waals surface area contributed by atoms with Crippen LogP contribution in [0, 0.1) is 11.3 Å². The average molecular weight is 297 g/mol. The summed E-state index contributed by atoms with van der Waals surface area (Å²) in [5.74, 6) is 0.764. The normalized spacial score (nSPS) is 10.6. The Labute approximate surface area is 130 Å². The first-order chi connectivity index (χ1) is 10.2. The topological polar surface area (TPSA) is 48.7 Å². The molecular formula is C17H19N3S. The van der Waals surface area contributed by atoms with Crippen molar-refractivity contribution < 1.29 is 0 Å². The van der Waals surface area contributed by atoms with E-state index in [1.807, 2.05) is 12.1 Å². The monoisotopic (exact) mass is 297 g/mol. The largest absolute Gasteiger partial charge is 0.310 e. The van der Waals surface area contributed by atoms with Crippen molar-refractivity contribution in [3.05, 3.63) is 59.4 Å². The van der Waals surface area contributed by atoms with Crippen LogP contribution >= 0.6 is 11.8 Å². The summed E-state index contributed by atoms with van der Waals surface area (Å²) in [6, 6.07) is 15.0. The minimum atomic E-state index is 0.494. The summed E-state index contributed by atoms with van der Waals surface area (Å²) < 4.78 is 0. The number of rotatable bonds is 6. The van der Waals surface area contributed by atoms with Gasteiger partial charge in [-0.2, -0.15) is 5.26 Å². The molecule has 0 aliphatic rings. The molecule has 21 heavy (non-hydrogen) atoms. The second-order valence-electron chi connectivity index (χ2n) is 5.09. The van der Waals surface area contributed by atoms with E-state index in [0.29, 0.717) is 11.7 Å². The van der Waals surface area contributed by atoms with Crippen LogP contribution in [0.25, 0.3) is 0 Å². The maximum atomic E-state index is 9.03. The third kappa shape index (κ3) is 4.89. The van der Waals surface area contributed by atoms with Crippen LogP contribution < -0.4 is 5.32 Å². The number of nitrogens with one attached hydrogen (secondary N) is 1. The highest BCUT2D eigenvalue weighted by atomic mass is 32.2. The SMILES string of the molecule is CC(C)NCc1ccc(SCc2cccnc2C#N)cc1. The van der Waals surface area contributed by atoms with E-state index in [1.54, 1.807) is 18.0 Å². The molecule has 0 aliphatic carbocycles. The Morgan fingerprint density at radius 2 is 2.00 bits per heavy atom. The molecule has 0 saturated carbocycles. The van der Waals surface area contributed by atoms with E-state index in [9.17, 15) is 0 Å². The van der Waals surface area contributed by atoms with E-state index in [0.717, 1.165) is 17.9 Å². The Hall–Kier alpha value is -1.83. The Morgan fingerprint density at radius 1 is 1.24 bits per heavy atom. The van der Waals surface area contributed by atoms with E-state index >= 15 is 0 Å². The van der Waals surface area contributed by atoms with Gasteiger partial charge in [-0.25, -0.2) is 4.98 Å². The van der Waals surface area contributed by atoms with E-state index in [-0.39, 0.29) is 0 Å². The van der Waals surface area contributed by atoms with Gasteiger partial charge in [0.05, 0.1) is 0 Å². The van der Waals surface area contributed by atoms with Crippen molar-refractivity contribution in [2.45, 2.75) is 37.1 Å². The lowest BCUT2D eigenvalue weighted by Gasteiger charge is -2.09. The van der Waals surface area contributed by atoms with Crippen molar-refractivity contribution in [1.82, 2.24) is 10.3 Å². The van der Waals surface area contributed by atoms with E-state index in [4.69, 9.17) is 5.26 Å². The van der Waals surface area contributed by atoms with Crippen LogP contribution in [0.2, 0.25) is 0 Å². The van der Waals surface area contributed by atoms with Crippen molar-refractivity contribution in [1.29, 1.82) is 5.26 Å². The third-order valence-electron chi connectivity index (χ3n) is 3.03. The average Bonchev–Trinajstić information content (AvgIpc) is 2.52. The van der Waals surface area contributed by atoms with E-state index in [2.05, 4.69) is 54.5 Å². The van der Waals surface area contributed by atoms with Crippen LogP contribution in [0.1, 0.15) is 30.7 Å². The first kappa shape index (κ1) is 15.6. The molecule has 2 rings (SSSR count). The minimum Gasteiger partial charge on any atom is -0.310 e.